The molecule has 6 nitrogen and oxygen atoms in total. The maximum absolute atomic E-state index is 13.2. The standard InChI is InChI=1S/C18H24F4N4O2.HI/c1-26(2)16(27)10-25-17(23-8-12-5-6-28-11-12)24-9-13-3-4-14(19)7-15(13)18(20,21)22;/h3-4,7,12H,5-6,8-11H2,1-2H3,(H2,23,24,25);1H. The molecule has 1 fully saturated rings. The van der Waals surface area contributed by atoms with E-state index in [1.54, 1.807) is 14.1 Å². The fourth-order valence-electron chi connectivity index (χ4n) is 2.59. The molecule has 0 aromatic heterocycles. The first kappa shape index (κ1) is 25.4. The zero-order valence-corrected chi connectivity index (χ0v) is 18.5. The minimum Gasteiger partial charge on any atom is -0.381 e. The van der Waals surface area contributed by atoms with Crippen molar-refractivity contribution in [2.75, 3.05) is 40.4 Å². The molecule has 0 radical (unpaired) electrons. The molecule has 1 saturated heterocycles. The van der Waals surface area contributed by atoms with E-state index in [2.05, 4.69) is 15.6 Å². The number of ether oxygens (including phenoxy) is 1. The van der Waals surface area contributed by atoms with Crippen molar-refractivity contribution in [1.82, 2.24) is 15.5 Å². The molecule has 1 aromatic carbocycles. The van der Waals surface area contributed by atoms with E-state index in [0.29, 0.717) is 25.8 Å². The van der Waals surface area contributed by atoms with Gasteiger partial charge in [0, 0.05) is 33.2 Å². The van der Waals surface area contributed by atoms with E-state index < -0.39 is 17.6 Å². The zero-order chi connectivity index (χ0) is 20.7. The fourth-order valence-corrected chi connectivity index (χ4v) is 2.59. The predicted octanol–water partition coefficient (Wildman–Crippen LogP) is 2.62. The van der Waals surface area contributed by atoms with Crippen molar-refractivity contribution in [1.29, 1.82) is 0 Å². The third-order valence-electron chi connectivity index (χ3n) is 4.27. The summed E-state index contributed by atoms with van der Waals surface area (Å²) in [5, 5.41) is 5.84. The smallest absolute Gasteiger partial charge is 0.381 e. The third kappa shape index (κ3) is 8.33. The van der Waals surface area contributed by atoms with Gasteiger partial charge >= 0.3 is 6.18 Å². The Balaban J connectivity index is 0.00000420. The summed E-state index contributed by atoms with van der Waals surface area (Å²) in [4.78, 5) is 17.3. The van der Waals surface area contributed by atoms with Crippen LogP contribution in [-0.2, 0) is 22.3 Å². The Kier molecular flexibility index (Phi) is 10.1. The highest BCUT2D eigenvalue weighted by Gasteiger charge is 2.33. The van der Waals surface area contributed by atoms with Gasteiger partial charge in [-0.2, -0.15) is 13.2 Å². The highest BCUT2D eigenvalue weighted by Crippen LogP contribution is 2.32. The Morgan fingerprint density at radius 3 is 2.62 bits per heavy atom. The van der Waals surface area contributed by atoms with Gasteiger partial charge in [-0.15, -0.1) is 24.0 Å². The Morgan fingerprint density at radius 1 is 1.31 bits per heavy atom. The lowest BCUT2D eigenvalue weighted by atomic mass is 10.1. The molecule has 1 atom stereocenters. The Hall–Kier alpha value is -1.63. The summed E-state index contributed by atoms with van der Waals surface area (Å²) in [6.45, 7) is 1.39. The number of amides is 1. The fraction of sp³-hybridized carbons (Fsp3) is 0.556. The van der Waals surface area contributed by atoms with Gasteiger partial charge in [0.1, 0.15) is 5.82 Å². The number of nitrogens with zero attached hydrogens (tertiary/aromatic N) is 2. The number of halogens is 5. The van der Waals surface area contributed by atoms with Crippen molar-refractivity contribution >= 4 is 35.8 Å². The molecule has 11 heteroatoms. The maximum Gasteiger partial charge on any atom is 0.416 e. The molecule has 1 aliphatic heterocycles. The predicted molar refractivity (Wildman–Crippen MR) is 112 cm³/mol. The monoisotopic (exact) mass is 532 g/mol. The first-order valence-corrected chi connectivity index (χ1v) is 8.82. The maximum atomic E-state index is 13.2. The minimum absolute atomic E-state index is 0. The highest BCUT2D eigenvalue weighted by atomic mass is 127. The van der Waals surface area contributed by atoms with Crippen LogP contribution in [0.15, 0.2) is 23.2 Å². The molecule has 2 rings (SSSR count). The highest BCUT2D eigenvalue weighted by molar-refractivity contribution is 14.0. The van der Waals surface area contributed by atoms with Gasteiger partial charge < -0.3 is 20.3 Å². The summed E-state index contributed by atoms with van der Waals surface area (Å²) in [7, 11) is 3.19. The summed E-state index contributed by atoms with van der Waals surface area (Å²) in [5.74, 6) is -0.710. The summed E-state index contributed by atoms with van der Waals surface area (Å²) < 4.78 is 57.9. The van der Waals surface area contributed by atoms with Crippen molar-refractivity contribution in [3.05, 3.63) is 35.1 Å². The lowest BCUT2D eigenvalue weighted by Crippen LogP contribution is -2.44. The lowest BCUT2D eigenvalue weighted by Gasteiger charge is -2.17. The van der Waals surface area contributed by atoms with E-state index in [0.717, 1.165) is 18.6 Å². The second-order valence-electron chi connectivity index (χ2n) is 6.72. The molecule has 164 valence electrons. The van der Waals surface area contributed by atoms with E-state index >= 15 is 0 Å². The van der Waals surface area contributed by atoms with Gasteiger partial charge in [-0.05, 0) is 24.1 Å². The Bertz CT molecular complexity index is 708. The number of likely N-dealkylation sites (N-methyl/N-ethyl adjacent to an activating group) is 1. The van der Waals surface area contributed by atoms with Crippen molar-refractivity contribution < 1.29 is 27.1 Å². The number of carbonyl (C=O) groups excluding carboxylic acids is 1. The van der Waals surface area contributed by atoms with Crippen LogP contribution in [0.2, 0.25) is 0 Å². The van der Waals surface area contributed by atoms with Crippen LogP contribution in [0.4, 0.5) is 17.6 Å². The summed E-state index contributed by atoms with van der Waals surface area (Å²) in [6, 6.07) is 2.48. The van der Waals surface area contributed by atoms with Crippen LogP contribution in [0.25, 0.3) is 0 Å². The second-order valence-corrected chi connectivity index (χ2v) is 6.72. The van der Waals surface area contributed by atoms with Crippen LogP contribution < -0.4 is 10.6 Å². The molecule has 1 aliphatic rings. The van der Waals surface area contributed by atoms with Crippen LogP contribution in [0.3, 0.4) is 0 Å². The van der Waals surface area contributed by atoms with Crippen molar-refractivity contribution in [2.45, 2.75) is 19.1 Å². The first-order valence-electron chi connectivity index (χ1n) is 8.82. The number of hydrogen-bond donors (Lipinski definition) is 2. The summed E-state index contributed by atoms with van der Waals surface area (Å²) in [6.07, 6.45) is -3.82. The number of hydrogen-bond acceptors (Lipinski definition) is 3. The second kappa shape index (κ2) is 11.5. The molecule has 1 unspecified atom stereocenters. The van der Waals surface area contributed by atoms with Crippen molar-refractivity contribution in [3.63, 3.8) is 0 Å². The average molecular weight is 532 g/mol. The molecule has 0 saturated carbocycles. The molecule has 2 N–H and O–H groups in total. The normalized spacial score (nSPS) is 16.9. The van der Waals surface area contributed by atoms with E-state index in [9.17, 15) is 22.4 Å². The molecular weight excluding hydrogens is 507 g/mol. The van der Waals surface area contributed by atoms with Gasteiger partial charge in [-0.3, -0.25) is 4.79 Å². The van der Waals surface area contributed by atoms with Crippen LogP contribution >= 0.6 is 24.0 Å². The Morgan fingerprint density at radius 2 is 2.03 bits per heavy atom. The van der Waals surface area contributed by atoms with Crippen LogP contribution in [0, 0.1) is 11.7 Å². The molecule has 1 heterocycles. The quantitative estimate of drug-likeness (QED) is 0.256. The number of carbonyl (C=O) groups is 1. The zero-order valence-electron chi connectivity index (χ0n) is 16.2. The van der Waals surface area contributed by atoms with Crippen molar-refractivity contribution in [2.24, 2.45) is 10.9 Å². The number of rotatable bonds is 6. The SMILES string of the molecule is CN(C)C(=O)CNC(=NCc1ccc(F)cc1C(F)(F)F)NCC1CCOC1.I. The topological polar surface area (TPSA) is 66.0 Å². The van der Waals surface area contributed by atoms with E-state index in [4.69, 9.17) is 4.74 Å². The molecular formula is C18H25F4IN4O2. The molecule has 0 spiro atoms. The van der Waals surface area contributed by atoms with E-state index in [1.807, 2.05) is 0 Å². The van der Waals surface area contributed by atoms with Gasteiger partial charge in [0.15, 0.2) is 5.96 Å². The third-order valence-corrected chi connectivity index (χ3v) is 4.27. The average Bonchev–Trinajstić information content (AvgIpc) is 3.14. The van der Waals surface area contributed by atoms with E-state index in [1.165, 1.54) is 4.90 Å². The summed E-state index contributed by atoms with van der Waals surface area (Å²) >= 11 is 0. The molecule has 0 bridgehead atoms. The first-order chi connectivity index (χ1) is 13.2. The van der Waals surface area contributed by atoms with Crippen LogP contribution in [-0.4, -0.2) is 57.2 Å². The lowest BCUT2D eigenvalue weighted by molar-refractivity contribution is -0.138. The molecule has 1 aromatic rings. The van der Waals surface area contributed by atoms with Gasteiger partial charge in [-0.1, -0.05) is 6.07 Å². The van der Waals surface area contributed by atoms with Gasteiger partial charge in [0.05, 0.1) is 25.3 Å². The molecule has 0 aliphatic carbocycles. The number of benzene rings is 1. The minimum atomic E-state index is -4.68. The van der Waals surface area contributed by atoms with E-state index in [-0.39, 0.29) is 60.4 Å². The Labute approximate surface area is 184 Å². The van der Waals surface area contributed by atoms with Gasteiger partial charge in [0.25, 0.3) is 0 Å². The van der Waals surface area contributed by atoms with Crippen LogP contribution in [0.5, 0.6) is 0 Å². The molecule has 29 heavy (non-hydrogen) atoms. The number of aliphatic imine (C=N–C) groups is 1. The number of alkyl halides is 3. The van der Waals surface area contributed by atoms with Gasteiger partial charge in [0.2, 0.25) is 5.91 Å². The van der Waals surface area contributed by atoms with Crippen LogP contribution in [0.1, 0.15) is 17.5 Å². The summed E-state index contributed by atoms with van der Waals surface area (Å²) in [5.41, 5.74) is -1.22. The number of nitrogens with one attached hydrogen (secondary N) is 2. The van der Waals surface area contributed by atoms with Gasteiger partial charge in [-0.25, -0.2) is 9.38 Å². The number of guanidine groups is 1. The largest absolute Gasteiger partial charge is 0.416 e. The molecule has 1 amide bonds. The van der Waals surface area contributed by atoms with Crippen molar-refractivity contribution in [3.8, 4) is 0 Å².